The van der Waals surface area contributed by atoms with Crippen LogP contribution in [0.15, 0.2) is 18.2 Å². The van der Waals surface area contributed by atoms with Crippen LogP contribution in [0.3, 0.4) is 0 Å². The molecule has 1 aromatic rings. The molecule has 0 fully saturated rings. The summed E-state index contributed by atoms with van der Waals surface area (Å²) in [4.78, 5) is 0. The van der Waals surface area contributed by atoms with Crippen LogP contribution in [0.4, 0.5) is 0 Å². The van der Waals surface area contributed by atoms with Crippen molar-refractivity contribution in [2.45, 2.75) is 84.7 Å². The Hall–Kier alpha value is -0.820. The van der Waals surface area contributed by atoms with Gasteiger partial charge in [0.2, 0.25) is 0 Å². The van der Waals surface area contributed by atoms with Crippen LogP contribution in [0.5, 0.6) is 0 Å². The van der Waals surface area contributed by atoms with E-state index in [-0.39, 0.29) is 0 Å². The van der Waals surface area contributed by atoms with E-state index < -0.39 is 5.60 Å². The van der Waals surface area contributed by atoms with Gasteiger partial charge in [0.15, 0.2) is 0 Å². The average Bonchev–Trinajstić information content (AvgIpc) is 2.41. The molecule has 0 aliphatic rings. The minimum Gasteiger partial charge on any atom is -0.385 e. The van der Waals surface area contributed by atoms with Crippen molar-refractivity contribution in [3.05, 3.63) is 34.9 Å². The summed E-state index contributed by atoms with van der Waals surface area (Å²) in [5, 5.41) is 11.2. The lowest BCUT2D eigenvalue weighted by Gasteiger charge is -2.31. The van der Waals surface area contributed by atoms with E-state index in [1.807, 2.05) is 0 Å². The molecule has 0 aromatic heterocycles. The zero-order valence-electron chi connectivity index (χ0n) is 13.8. The van der Waals surface area contributed by atoms with E-state index in [1.54, 1.807) is 0 Å². The van der Waals surface area contributed by atoms with Crippen molar-refractivity contribution >= 4 is 0 Å². The largest absolute Gasteiger partial charge is 0.385 e. The normalized spacial score (nSPS) is 11.8. The molecule has 114 valence electrons. The monoisotopic (exact) mass is 276 g/mol. The Morgan fingerprint density at radius 1 is 0.850 bits per heavy atom. The van der Waals surface area contributed by atoms with Gasteiger partial charge in [-0.05, 0) is 42.4 Å². The van der Waals surface area contributed by atoms with Gasteiger partial charge in [-0.15, -0.1) is 0 Å². The topological polar surface area (TPSA) is 20.2 Å². The lowest BCUT2D eigenvalue weighted by atomic mass is 9.80. The van der Waals surface area contributed by atoms with Crippen molar-refractivity contribution in [3.63, 3.8) is 0 Å². The van der Waals surface area contributed by atoms with Gasteiger partial charge in [-0.2, -0.15) is 0 Å². The molecule has 20 heavy (non-hydrogen) atoms. The Balaban J connectivity index is 3.28. The Kier molecular flexibility index (Phi) is 7.29. The fourth-order valence-corrected chi connectivity index (χ4v) is 3.34. The average molecular weight is 276 g/mol. The number of aryl methyl sites for hydroxylation is 1. The zero-order valence-corrected chi connectivity index (χ0v) is 13.8. The lowest BCUT2D eigenvalue weighted by Crippen LogP contribution is -2.27. The molecule has 1 rings (SSSR count). The van der Waals surface area contributed by atoms with E-state index in [4.69, 9.17) is 0 Å². The van der Waals surface area contributed by atoms with E-state index in [1.165, 1.54) is 23.1 Å². The van der Waals surface area contributed by atoms with Crippen LogP contribution in [0.25, 0.3) is 0 Å². The summed E-state index contributed by atoms with van der Waals surface area (Å²) in [5.74, 6) is 0. The Labute approximate surface area is 125 Å². The summed E-state index contributed by atoms with van der Waals surface area (Å²) in [7, 11) is 0. The first-order valence-electron chi connectivity index (χ1n) is 8.46. The van der Waals surface area contributed by atoms with Crippen molar-refractivity contribution in [1.29, 1.82) is 0 Å². The Morgan fingerprint density at radius 3 is 1.95 bits per heavy atom. The molecular weight excluding hydrogens is 244 g/mol. The first-order chi connectivity index (χ1) is 9.62. The van der Waals surface area contributed by atoms with E-state index in [0.717, 1.165) is 44.9 Å². The molecule has 0 saturated carbocycles. The van der Waals surface area contributed by atoms with Gasteiger partial charge in [-0.3, -0.25) is 0 Å². The van der Waals surface area contributed by atoms with E-state index in [9.17, 15) is 5.11 Å². The summed E-state index contributed by atoms with van der Waals surface area (Å²) < 4.78 is 0. The van der Waals surface area contributed by atoms with E-state index >= 15 is 0 Å². The van der Waals surface area contributed by atoms with Gasteiger partial charge in [0, 0.05) is 0 Å². The maximum absolute atomic E-state index is 11.2. The van der Waals surface area contributed by atoms with Crippen LogP contribution in [0.2, 0.25) is 0 Å². The standard InChI is InChI=1S/C19H32O/c1-5-10-16-12-9-13-18(17(16)11-6-2)19(20,14-7-3)15-8-4/h9,12-13,20H,5-8,10-11,14-15H2,1-4H3. The van der Waals surface area contributed by atoms with Gasteiger partial charge < -0.3 is 5.11 Å². The fourth-order valence-electron chi connectivity index (χ4n) is 3.34. The maximum Gasteiger partial charge on any atom is 0.0899 e. The smallest absolute Gasteiger partial charge is 0.0899 e. The Bertz CT molecular complexity index is 389. The van der Waals surface area contributed by atoms with Crippen molar-refractivity contribution in [3.8, 4) is 0 Å². The Morgan fingerprint density at radius 2 is 1.45 bits per heavy atom. The van der Waals surface area contributed by atoms with Gasteiger partial charge >= 0.3 is 0 Å². The molecule has 0 heterocycles. The predicted molar refractivity (Wildman–Crippen MR) is 88.1 cm³/mol. The van der Waals surface area contributed by atoms with Crippen LogP contribution >= 0.6 is 0 Å². The van der Waals surface area contributed by atoms with Gasteiger partial charge in [-0.1, -0.05) is 71.6 Å². The number of benzene rings is 1. The second-order valence-electron chi connectivity index (χ2n) is 5.97. The molecule has 0 aliphatic heterocycles. The van der Waals surface area contributed by atoms with Gasteiger partial charge in [0.05, 0.1) is 5.60 Å². The van der Waals surface area contributed by atoms with Gasteiger partial charge in [0.25, 0.3) is 0 Å². The predicted octanol–water partition coefficient (Wildman–Crippen LogP) is 5.38. The SMILES string of the molecule is CCCc1cccc(C(O)(CCC)CCC)c1CCC. The molecule has 0 spiro atoms. The third kappa shape index (κ3) is 4.09. The third-order valence-electron chi connectivity index (χ3n) is 4.12. The van der Waals surface area contributed by atoms with E-state index in [0.29, 0.717) is 0 Å². The summed E-state index contributed by atoms with van der Waals surface area (Å²) in [6, 6.07) is 6.54. The van der Waals surface area contributed by atoms with Gasteiger partial charge in [0.1, 0.15) is 0 Å². The molecule has 0 bridgehead atoms. The van der Waals surface area contributed by atoms with Crippen molar-refractivity contribution in [2.24, 2.45) is 0 Å². The highest BCUT2D eigenvalue weighted by molar-refractivity contribution is 5.39. The van der Waals surface area contributed by atoms with Crippen molar-refractivity contribution < 1.29 is 5.11 Å². The van der Waals surface area contributed by atoms with Crippen LogP contribution in [-0.2, 0) is 18.4 Å². The lowest BCUT2D eigenvalue weighted by molar-refractivity contribution is 0.0160. The molecule has 1 heteroatoms. The molecule has 0 amide bonds. The molecular formula is C19H32O. The van der Waals surface area contributed by atoms with Crippen molar-refractivity contribution in [2.75, 3.05) is 0 Å². The first-order valence-corrected chi connectivity index (χ1v) is 8.46. The quantitative estimate of drug-likeness (QED) is 0.642. The number of rotatable bonds is 9. The fraction of sp³-hybridized carbons (Fsp3) is 0.684. The molecule has 1 nitrogen and oxygen atoms in total. The highest BCUT2D eigenvalue weighted by Crippen LogP contribution is 2.35. The molecule has 0 radical (unpaired) electrons. The molecule has 0 saturated heterocycles. The van der Waals surface area contributed by atoms with Gasteiger partial charge in [-0.25, -0.2) is 0 Å². The second kappa shape index (κ2) is 8.46. The maximum atomic E-state index is 11.2. The molecule has 0 aliphatic carbocycles. The van der Waals surface area contributed by atoms with Crippen LogP contribution in [-0.4, -0.2) is 5.11 Å². The first kappa shape index (κ1) is 17.2. The number of hydrogen-bond acceptors (Lipinski definition) is 1. The summed E-state index contributed by atoms with van der Waals surface area (Å²) in [5.41, 5.74) is 3.44. The second-order valence-corrected chi connectivity index (χ2v) is 5.97. The van der Waals surface area contributed by atoms with Crippen LogP contribution < -0.4 is 0 Å². The summed E-state index contributed by atoms with van der Waals surface area (Å²) >= 11 is 0. The number of aliphatic hydroxyl groups is 1. The van der Waals surface area contributed by atoms with Crippen LogP contribution in [0.1, 0.15) is 82.9 Å². The van der Waals surface area contributed by atoms with Crippen LogP contribution in [0, 0.1) is 0 Å². The highest BCUT2D eigenvalue weighted by atomic mass is 16.3. The third-order valence-corrected chi connectivity index (χ3v) is 4.12. The molecule has 0 atom stereocenters. The summed E-state index contributed by atoms with van der Waals surface area (Å²) in [6.07, 6.45) is 8.31. The molecule has 0 unspecified atom stereocenters. The highest BCUT2D eigenvalue weighted by Gasteiger charge is 2.30. The summed E-state index contributed by atoms with van der Waals surface area (Å²) in [6.45, 7) is 8.78. The minimum absolute atomic E-state index is 0.627. The molecule has 1 N–H and O–H groups in total. The number of hydrogen-bond donors (Lipinski definition) is 1. The zero-order chi connectivity index (χ0) is 15.0. The molecule has 1 aromatic carbocycles. The minimum atomic E-state index is -0.627. The van der Waals surface area contributed by atoms with E-state index in [2.05, 4.69) is 45.9 Å². The van der Waals surface area contributed by atoms with Crippen molar-refractivity contribution in [1.82, 2.24) is 0 Å².